The van der Waals surface area contributed by atoms with Crippen LogP contribution in [0.3, 0.4) is 0 Å². The average molecular weight is 371 g/mol. The van der Waals surface area contributed by atoms with Crippen LogP contribution in [-0.4, -0.2) is 41.0 Å². The molecule has 0 radical (unpaired) electrons. The molecule has 0 unspecified atom stereocenters. The Morgan fingerprint density at radius 3 is 2.80 bits per heavy atom. The molecule has 3 aromatic heterocycles. The van der Waals surface area contributed by atoms with Crippen molar-refractivity contribution >= 4 is 38.7 Å². The highest BCUT2D eigenvalue weighted by molar-refractivity contribution is 7.19. The second-order valence-electron chi connectivity index (χ2n) is 6.97. The number of thiophene rings is 2. The second-order valence-corrected chi connectivity index (χ2v) is 9.09. The monoisotopic (exact) mass is 370 g/mol. The van der Waals surface area contributed by atoms with Gasteiger partial charge in [0.05, 0.1) is 5.39 Å². The molecule has 0 spiro atoms. The summed E-state index contributed by atoms with van der Waals surface area (Å²) in [4.78, 5) is 18.9. The number of aryl methyl sites for hydroxylation is 3. The molecule has 3 aromatic rings. The van der Waals surface area contributed by atoms with Crippen molar-refractivity contribution in [2.24, 2.45) is 0 Å². The highest BCUT2D eigenvalue weighted by atomic mass is 32.1. The molecule has 4 nitrogen and oxygen atoms in total. The molecule has 1 fully saturated rings. The molecule has 130 valence electrons. The van der Waals surface area contributed by atoms with Crippen molar-refractivity contribution in [3.63, 3.8) is 0 Å². The Hall–Kier alpha value is -1.50. The van der Waals surface area contributed by atoms with Gasteiger partial charge in [0.15, 0.2) is 0 Å². The maximum absolute atomic E-state index is 4.88. The van der Waals surface area contributed by atoms with E-state index < -0.39 is 0 Å². The number of hydrogen-bond acceptors (Lipinski definition) is 6. The molecule has 6 heteroatoms. The van der Waals surface area contributed by atoms with Gasteiger partial charge in [-0.25, -0.2) is 9.97 Å². The number of hydrogen-bond donors (Lipinski definition) is 0. The van der Waals surface area contributed by atoms with Gasteiger partial charge < -0.3 is 4.90 Å². The van der Waals surface area contributed by atoms with Gasteiger partial charge >= 0.3 is 0 Å². The summed E-state index contributed by atoms with van der Waals surface area (Å²) < 4.78 is 0. The highest BCUT2D eigenvalue weighted by Gasteiger charge is 2.26. The number of fused-ring (bicyclic) bond motifs is 3. The molecule has 2 aliphatic rings. The Bertz CT molecular complexity index is 892. The number of rotatable bonds is 3. The van der Waals surface area contributed by atoms with Crippen LogP contribution in [0.5, 0.6) is 0 Å². The fourth-order valence-corrected chi connectivity index (χ4v) is 6.10. The van der Waals surface area contributed by atoms with Crippen molar-refractivity contribution in [2.75, 3.05) is 31.1 Å². The van der Waals surface area contributed by atoms with Crippen molar-refractivity contribution in [3.05, 3.63) is 38.7 Å². The van der Waals surface area contributed by atoms with Gasteiger partial charge in [0.25, 0.3) is 0 Å². The third kappa shape index (κ3) is 2.86. The van der Waals surface area contributed by atoms with Gasteiger partial charge in [0, 0.05) is 42.5 Å². The van der Waals surface area contributed by atoms with Crippen LogP contribution in [0.25, 0.3) is 10.2 Å². The van der Waals surface area contributed by atoms with Gasteiger partial charge in [-0.15, -0.1) is 22.7 Å². The van der Waals surface area contributed by atoms with Gasteiger partial charge in [0.1, 0.15) is 16.5 Å². The van der Waals surface area contributed by atoms with Crippen LogP contribution in [0.15, 0.2) is 17.5 Å². The first kappa shape index (κ1) is 15.7. The lowest BCUT2D eigenvalue weighted by Crippen LogP contribution is -2.46. The molecular formula is C19H22N4S2. The van der Waals surface area contributed by atoms with E-state index in [0.29, 0.717) is 0 Å². The first-order valence-electron chi connectivity index (χ1n) is 9.06. The smallest absolute Gasteiger partial charge is 0.141 e. The van der Waals surface area contributed by atoms with E-state index in [1.165, 1.54) is 45.7 Å². The molecule has 1 aliphatic heterocycles. The maximum atomic E-state index is 4.88. The standard InChI is InChI=1S/C19H22N4S2/c1-13-20-18(17-15-5-2-6-16(15)25-19(17)21-13)23-9-7-22(8-10-23)12-14-4-3-11-24-14/h3-4,11H,2,5-10,12H2,1H3. The lowest BCUT2D eigenvalue weighted by Gasteiger charge is -2.35. The molecule has 0 bridgehead atoms. The molecular weight excluding hydrogens is 348 g/mol. The van der Waals surface area contributed by atoms with E-state index in [-0.39, 0.29) is 0 Å². The first-order chi connectivity index (χ1) is 12.3. The summed E-state index contributed by atoms with van der Waals surface area (Å²) in [6.45, 7) is 7.44. The van der Waals surface area contributed by atoms with Gasteiger partial charge in [0.2, 0.25) is 0 Å². The van der Waals surface area contributed by atoms with Gasteiger partial charge in [-0.2, -0.15) is 0 Å². The van der Waals surface area contributed by atoms with Crippen molar-refractivity contribution in [3.8, 4) is 0 Å². The fraction of sp³-hybridized carbons (Fsp3) is 0.474. The molecule has 0 N–H and O–H groups in total. The Labute approximate surface area is 156 Å². The SMILES string of the molecule is Cc1nc(N2CCN(Cc3cccs3)CC2)c2c3c(sc2n1)CCC3. The zero-order valence-electron chi connectivity index (χ0n) is 14.5. The van der Waals surface area contributed by atoms with Crippen molar-refractivity contribution in [1.29, 1.82) is 0 Å². The summed E-state index contributed by atoms with van der Waals surface area (Å²) in [6.07, 6.45) is 3.72. The van der Waals surface area contributed by atoms with Crippen molar-refractivity contribution in [1.82, 2.24) is 14.9 Å². The van der Waals surface area contributed by atoms with E-state index in [1.807, 2.05) is 29.6 Å². The molecule has 1 aliphatic carbocycles. The summed E-state index contributed by atoms with van der Waals surface area (Å²) in [7, 11) is 0. The van der Waals surface area contributed by atoms with Gasteiger partial charge in [-0.1, -0.05) is 6.07 Å². The van der Waals surface area contributed by atoms with E-state index in [1.54, 1.807) is 4.88 Å². The molecule has 4 heterocycles. The van der Waals surface area contributed by atoms with E-state index in [0.717, 1.165) is 38.5 Å². The zero-order chi connectivity index (χ0) is 16.8. The summed E-state index contributed by atoms with van der Waals surface area (Å²) in [5, 5.41) is 3.53. The van der Waals surface area contributed by atoms with E-state index in [9.17, 15) is 0 Å². The van der Waals surface area contributed by atoms with Crippen LogP contribution in [-0.2, 0) is 19.4 Å². The minimum absolute atomic E-state index is 0.906. The van der Waals surface area contributed by atoms with Crippen molar-refractivity contribution < 1.29 is 0 Å². The maximum Gasteiger partial charge on any atom is 0.141 e. The van der Waals surface area contributed by atoms with Crippen LogP contribution in [0.1, 0.15) is 27.6 Å². The molecule has 5 rings (SSSR count). The normalized spacial score (nSPS) is 18.2. The van der Waals surface area contributed by atoms with Gasteiger partial charge in [-0.3, -0.25) is 4.90 Å². The molecule has 0 atom stereocenters. The highest BCUT2D eigenvalue weighted by Crippen LogP contribution is 2.40. The Balaban J connectivity index is 1.41. The molecule has 0 aromatic carbocycles. The lowest BCUT2D eigenvalue weighted by atomic mass is 10.1. The summed E-state index contributed by atoms with van der Waals surface area (Å²) in [6, 6.07) is 4.39. The minimum Gasteiger partial charge on any atom is -0.353 e. The number of nitrogens with zero attached hydrogens (tertiary/aromatic N) is 4. The average Bonchev–Trinajstić information content (AvgIpc) is 3.32. The van der Waals surface area contributed by atoms with E-state index in [2.05, 4.69) is 27.3 Å². The number of anilines is 1. The second kappa shape index (κ2) is 6.34. The van der Waals surface area contributed by atoms with E-state index >= 15 is 0 Å². The zero-order valence-corrected chi connectivity index (χ0v) is 16.1. The van der Waals surface area contributed by atoms with Crippen molar-refractivity contribution in [2.45, 2.75) is 32.7 Å². The Kier molecular flexibility index (Phi) is 3.99. The Morgan fingerprint density at radius 2 is 2.00 bits per heavy atom. The Morgan fingerprint density at radius 1 is 1.12 bits per heavy atom. The van der Waals surface area contributed by atoms with Crippen LogP contribution in [0.2, 0.25) is 0 Å². The predicted octanol–water partition coefficient (Wildman–Crippen LogP) is 3.87. The first-order valence-corrected chi connectivity index (χ1v) is 10.8. The van der Waals surface area contributed by atoms with Crippen LogP contribution < -0.4 is 4.90 Å². The number of aromatic nitrogens is 2. The predicted molar refractivity (Wildman–Crippen MR) is 106 cm³/mol. The lowest BCUT2D eigenvalue weighted by molar-refractivity contribution is 0.251. The van der Waals surface area contributed by atoms with Crippen LogP contribution in [0.4, 0.5) is 5.82 Å². The van der Waals surface area contributed by atoms with Crippen LogP contribution >= 0.6 is 22.7 Å². The molecule has 0 saturated carbocycles. The molecule has 0 amide bonds. The third-order valence-electron chi connectivity index (χ3n) is 5.29. The number of piperazine rings is 1. The molecule has 1 saturated heterocycles. The summed E-state index contributed by atoms with van der Waals surface area (Å²) in [5.74, 6) is 2.10. The quantitative estimate of drug-likeness (QED) is 0.700. The van der Waals surface area contributed by atoms with E-state index in [4.69, 9.17) is 9.97 Å². The fourth-order valence-electron chi connectivity index (χ4n) is 4.05. The topological polar surface area (TPSA) is 32.3 Å². The summed E-state index contributed by atoms with van der Waals surface area (Å²) in [5.41, 5.74) is 1.54. The largest absolute Gasteiger partial charge is 0.353 e. The summed E-state index contributed by atoms with van der Waals surface area (Å²) >= 11 is 3.75. The van der Waals surface area contributed by atoms with Gasteiger partial charge in [-0.05, 0) is 43.2 Å². The third-order valence-corrected chi connectivity index (χ3v) is 7.34. The molecule has 25 heavy (non-hydrogen) atoms. The minimum atomic E-state index is 0.906. The van der Waals surface area contributed by atoms with Crippen LogP contribution in [0, 0.1) is 6.92 Å².